The van der Waals surface area contributed by atoms with Gasteiger partial charge in [0.25, 0.3) is 0 Å². The molecule has 1 heterocycles. The summed E-state index contributed by atoms with van der Waals surface area (Å²) in [5.74, 6) is 1.45. The Morgan fingerprint density at radius 1 is 1.30 bits per heavy atom. The number of aryl methyl sites for hydroxylation is 1. The topological polar surface area (TPSA) is 63.5 Å². The Labute approximate surface area is 120 Å². The van der Waals surface area contributed by atoms with Gasteiger partial charge in [0.1, 0.15) is 11.3 Å². The van der Waals surface area contributed by atoms with Gasteiger partial charge >= 0.3 is 0 Å². The molecule has 0 aliphatic carbocycles. The summed E-state index contributed by atoms with van der Waals surface area (Å²) in [5, 5.41) is 4.32. The summed E-state index contributed by atoms with van der Waals surface area (Å²) in [6.07, 6.45) is 0.829. The molecule has 20 heavy (non-hydrogen) atoms. The van der Waals surface area contributed by atoms with E-state index in [2.05, 4.69) is 37.1 Å². The SMILES string of the molecule is Cc1oc2ccccc2c1CCN=C(N)NC(C)(C)C. The molecule has 0 aliphatic rings. The molecule has 2 aromatic rings. The monoisotopic (exact) mass is 273 g/mol. The van der Waals surface area contributed by atoms with Crippen molar-refractivity contribution in [3.05, 3.63) is 35.6 Å². The van der Waals surface area contributed by atoms with Gasteiger partial charge in [0.05, 0.1) is 0 Å². The molecule has 0 unspecified atom stereocenters. The average Bonchev–Trinajstić information content (AvgIpc) is 2.64. The van der Waals surface area contributed by atoms with Crippen molar-refractivity contribution in [2.75, 3.05) is 6.54 Å². The number of para-hydroxylation sites is 1. The Bertz CT molecular complexity index is 620. The standard InChI is InChI=1S/C16H23N3O/c1-11-12(13-7-5-6-8-14(13)20-11)9-10-18-15(17)19-16(2,3)4/h5-8H,9-10H2,1-4H3,(H3,17,18,19). The number of nitrogens with one attached hydrogen (secondary N) is 1. The van der Waals surface area contributed by atoms with E-state index in [0.29, 0.717) is 12.5 Å². The zero-order valence-electron chi connectivity index (χ0n) is 12.7. The summed E-state index contributed by atoms with van der Waals surface area (Å²) in [6.45, 7) is 8.82. The van der Waals surface area contributed by atoms with Crippen molar-refractivity contribution in [3.63, 3.8) is 0 Å². The second-order valence-electron chi connectivity index (χ2n) is 6.02. The normalized spacial score (nSPS) is 12.9. The molecule has 2 rings (SSSR count). The average molecular weight is 273 g/mol. The third-order valence-electron chi connectivity index (χ3n) is 3.05. The maximum atomic E-state index is 5.87. The number of nitrogens with two attached hydrogens (primary N) is 1. The van der Waals surface area contributed by atoms with Gasteiger partial charge < -0.3 is 15.5 Å². The summed E-state index contributed by atoms with van der Waals surface area (Å²) < 4.78 is 5.74. The van der Waals surface area contributed by atoms with E-state index in [1.54, 1.807) is 0 Å². The molecule has 0 amide bonds. The Balaban J connectivity index is 2.06. The van der Waals surface area contributed by atoms with E-state index in [1.807, 2.05) is 25.1 Å². The van der Waals surface area contributed by atoms with Crippen LogP contribution >= 0.6 is 0 Å². The van der Waals surface area contributed by atoms with Gasteiger partial charge in [-0.05, 0) is 40.2 Å². The van der Waals surface area contributed by atoms with Crippen LogP contribution in [0.25, 0.3) is 11.0 Å². The number of guanidine groups is 1. The van der Waals surface area contributed by atoms with E-state index >= 15 is 0 Å². The second kappa shape index (κ2) is 5.57. The molecule has 0 fully saturated rings. The first-order valence-electron chi connectivity index (χ1n) is 6.92. The molecule has 0 saturated heterocycles. The first-order valence-corrected chi connectivity index (χ1v) is 6.92. The first-order chi connectivity index (χ1) is 9.37. The fourth-order valence-corrected chi connectivity index (χ4v) is 2.24. The Hall–Kier alpha value is -1.97. The van der Waals surface area contributed by atoms with E-state index in [1.165, 1.54) is 10.9 Å². The first kappa shape index (κ1) is 14.4. The maximum Gasteiger partial charge on any atom is 0.188 e. The van der Waals surface area contributed by atoms with Crippen molar-refractivity contribution < 1.29 is 4.42 Å². The largest absolute Gasteiger partial charge is 0.461 e. The predicted molar refractivity (Wildman–Crippen MR) is 84.0 cm³/mol. The lowest BCUT2D eigenvalue weighted by molar-refractivity contribution is 0.508. The van der Waals surface area contributed by atoms with Crippen LogP contribution in [0.15, 0.2) is 33.7 Å². The maximum absolute atomic E-state index is 5.87. The van der Waals surface area contributed by atoms with Crippen LogP contribution in [0.2, 0.25) is 0 Å². The van der Waals surface area contributed by atoms with Crippen molar-refractivity contribution in [1.29, 1.82) is 0 Å². The minimum absolute atomic E-state index is 0.0637. The zero-order valence-corrected chi connectivity index (χ0v) is 12.7. The molecule has 4 heteroatoms. The second-order valence-corrected chi connectivity index (χ2v) is 6.02. The Kier molecular flexibility index (Phi) is 4.02. The zero-order chi connectivity index (χ0) is 14.8. The van der Waals surface area contributed by atoms with Crippen molar-refractivity contribution in [1.82, 2.24) is 5.32 Å². The molecular weight excluding hydrogens is 250 g/mol. The van der Waals surface area contributed by atoms with Gasteiger partial charge in [0.2, 0.25) is 0 Å². The number of hydrogen-bond donors (Lipinski definition) is 2. The van der Waals surface area contributed by atoms with Gasteiger partial charge in [-0.3, -0.25) is 4.99 Å². The van der Waals surface area contributed by atoms with Gasteiger partial charge in [-0.2, -0.15) is 0 Å². The van der Waals surface area contributed by atoms with Crippen LogP contribution in [0, 0.1) is 6.92 Å². The highest BCUT2D eigenvalue weighted by Gasteiger charge is 2.11. The van der Waals surface area contributed by atoms with Crippen LogP contribution in [-0.2, 0) is 6.42 Å². The molecule has 0 spiro atoms. The minimum atomic E-state index is -0.0637. The smallest absolute Gasteiger partial charge is 0.188 e. The number of fused-ring (bicyclic) bond motifs is 1. The van der Waals surface area contributed by atoms with Crippen LogP contribution in [0.3, 0.4) is 0 Å². The fraction of sp³-hybridized carbons (Fsp3) is 0.438. The number of benzene rings is 1. The summed E-state index contributed by atoms with van der Waals surface area (Å²) in [5.41, 5.74) is 7.95. The van der Waals surface area contributed by atoms with E-state index in [4.69, 9.17) is 10.2 Å². The van der Waals surface area contributed by atoms with Gasteiger partial charge in [-0.1, -0.05) is 18.2 Å². The number of nitrogens with zero attached hydrogens (tertiary/aromatic N) is 1. The van der Waals surface area contributed by atoms with Crippen LogP contribution in [0.1, 0.15) is 32.1 Å². The molecule has 1 aromatic heterocycles. The molecule has 0 radical (unpaired) electrons. The summed E-state index contributed by atoms with van der Waals surface area (Å²) in [6, 6.07) is 8.09. The molecule has 108 valence electrons. The van der Waals surface area contributed by atoms with Crippen LogP contribution in [0.5, 0.6) is 0 Å². The third kappa shape index (κ3) is 3.53. The summed E-state index contributed by atoms with van der Waals surface area (Å²) >= 11 is 0. The van der Waals surface area contributed by atoms with Gasteiger partial charge in [-0.25, -0.2) is 0 Å². The number of aliphatic imine (C=N–C) groups is 1. The highest BCUT2D eigenvalue weighted by atomic mass is 16.3. The molecule has 0 bridgehead atoms. The molecular formula is C16H23N3O. The van der Waals surface area contributed by atoms with Gasteiger partial charge in [0, 0.05) is 23.0 Å². The van der Waals surface area contributed by atoms with Crippen molar-refractivity contribution in [3.8, 4) is 0 Å². The van der Waals surface area contributed by atoms with Crippen LogP contribution in [0.4, 0.5) is 0 Å². The summed E-state index contributed by atoms with van der Waals surface area (Å²) in [7, 11) is 0. The summed E-state index contributed by atoms with van der Waals surface area (Å²) in [4.78, 5) is 4.37. The van der Waals surface area contributed by atoms with Crippen molar-refractivity contribution >= 4 is 16.9 Å². The van der Waals surface area contributed by atoms with E-state index < -0.39 is 0 Å². The van der Waals surface area contributed by atoms with Gasteiger partial charge in [0.15, 0.2) is 5.96 Å². The minimum Gasteiger partial charge on any atom is -0.461 e. The lowest BCUT2D eigenvalue weighted by atomic mass is 10.1. The lowest BCUT2D eigenvalue weighted by Crippen LogP contribution is -2.45. The van der Waals surface area contributed by atoms with E-state index in [0.717, 1.165) is 17.8 Å². The van der Waals surface area contributed by atoms with E-state index in [-0.39, 0.29) is 5.54 Å². The molecule has 3 N–H and O–H groups in total. The molecule has 0 saturated carbocycles. The lowest BCUT2D eigenvalue weighted by Gasteiger charge is -2.20. The highest BCUT2D eigenvalue weighted by Crippen LogP contribution is 2.25. The highest BCUT2D eigenvalue weighted by molar-refractivity contribution is 5.82. The quantitative estimate of drug-likeness (QED) is 0.667. The number of rotatable bonds is 3. The number of furan rings is 1. The van der Waals surface area contributed by atoms with Crippen LogP contribution < -0.4 is 11.1 Å². The molecule has 0 atom stereocenters. The Morgan fingerprint density at radius 2 is 2.00 bits per heavy atom. The molecule has 4 nitrogen and oxygen atoms in total. The molecule has 1 aromatic carbocycles. The van der Waals surface area contributed by atoms with E-state index in [9.17, 15) is 0 Å². The predicted octanol–water partition coefficient (Wildman–Crippen LogP) is 2.99. The van der Waals surface area contributed by atoms with Crippen molar-refractivity contribution in [2.24, 2.45) is 10.7 Å². The molecule has 0 aliphatic heterocycles. The number of hydrogen-bond acceptors (Lipinski definition) is 2. The van der Waals surface area contributed by atoms with Crippen molar-refractivity contribution in [2.45, 2.75) is 39.7 Å². The third-order valence-corrected chi connectivity index (χ3v) is 3.05. The fourth-order valence-electron chi connectivity index (χ4n) is 2.24. The Morgan fingerprint density at radius 3 is 2.70 bits per heavy atom. The van der Waals surface area contributed by atoms with Gasteiger partial charge in [-0.15, -0.1) is 0 Å². The van der Waals surface area contributed by atoms with Crippen LogP contribution in [-0.4, -0.2) is 18.0 Å².